The third kappa shape index (κ3) is 1.50. The number of unbranched alkanes of at least 4 members (excludes halogenated alkanes) is 1. The SMILES string of the molecule is CCCCc1cnc2nc[nH]c2c1C. The Morgan fingerprint density at radius 1 is 1.36 bits per heavy atom. The average molecular weight is 189 g/mol. The number of imidazole rings is 1. The highest BCUT2D eigenvalue weighted by Crippen LogP contribution is 2.17. The van der Waals surface area contributed by atoms with Crippen LogP contribution in [0.3, 0.4) is 0 Å². The second-order valence-corrected chi connectivity index (χ2v) is 3.61. The van der Waals surface area contributed by atoms with Crippen LogP contribution in [0.5, 0.6) is 0 Å². The number of aryl methyl sites for hydroxylation is 2. The zero-order chi connectivity index (χ0) is 9.97. The molecule has 0 radical (unpaired) electrons. The monoisotopic (exact) mass is 189 g/mol. The maximum absolute atomic E-state index is 4.31. The normalized spacial score (nSPS) is 11.0. The number of nitrogens with zero attached hydrogens (tertiary/aromatic N) is 2. The molecule has 0 saturated heterocycles. The van der Waals surface area contributed by atoms with Crippen LogP contribution in [0, 0.1) is 6.92 Å². The number of pyridine rings is 1. The van der Waals surface area contributed by atoms with Gasteiger partial charge in [-0.15, -0.1) is 0 Å². The number of nitrogens with one attached hydrogen (secondary N) is 1. The highest BCUT2D eigenvalue weighted by atomic mass is 14.9. The molecular weight excluding hydrogens is 174 g/mol. The summed E-state index contributed by atoms with van der Waals surface area (Å²) in [6.07, 6.45) is 7.22. The predicted octanol–water partition coefficient (Wildman–Crippen LogP) is 2.61. The third-order valence-electron chi connectivity index (χ3n) is 2.62. The van der Waals surface area contributed by atoms with E-state index in [9.17, 15) is 0 Å². The van der Waals surface area contributed by atoms with Gasteiger partial charge in [-0.25, -0.2) is 9.97 Å². The largest absolute Gasteiger partial charge is 0.343 e. The molecule has 1 N–H and O–H groups in total. The minimum Gasteiger partial charge on any atom is -0.343 e. The Labute approximate surface area is 83.6 Å². The summed E-state index contributed by atoms with van der Waals surface area (Å²) in [4.78, 5) is 11.6. The van der Waals surface area contributed by atoms with Crippen LogP contribution in [-0.4, -0.2) is 15.0 Å². The fourth-order valence-electron chi connectivity index (χ4n) is 1.68. The minimum atomic E-state index is 0.822. The van der Waals surface area contributed by atoms with Crippen molar-refractivity contribution in [2.45, 2.75) is 33.1 Å². The van der Waals surface area contributed by atoms with Crippen molar-refractivity contribution in [2.75, 3.05) is 0 Å². The smallest absolute Gasteiger partial charge is 0.177 e. The Hall–Kier alpha value is -1.38. The summed E-state index contributed by atoms with van der Waals surface area (Å²) in [7, 11) is 0. The van der Waals surface area contributed by atoms with E-state index in [-0.39, 0.29) is 0 Å². The van der Waals surface area contributed by atoms with Crippen molar-refractivity contribution >= 4 is 11.2 Å². The first-order valence-electron chi connectivity index (χ1n) is 5.10. The summed E-state index contributed by atoms with van der Waals surface area (Å²) < 4.78 is 0. The lowest BCUT2D eigenvalue weighted by atomic mass is 10.1. The second-order valence-electron chi connectivity index (χ2n) is 3.61. The molecule has 3 heteroatoms. The molecule has 0 unspecified atom stereocenters. The highest BCUT2D eigenvalue weighted by Gasteiger charge is 2.05. The summed E-state index contributed by atoms with van der Waals surface area (Å²) >= 11 is 0. The Kier molecular flexibility index (Phi) is 2.48. The molecule has 74 valence electrons. The van der Waals surface area contributed by atoms with Gasteiger partial charge in [0, 0.05) is 6.20 Å². The van der Waals surface area contributed by atoms with Crippen LogP contribution in [0.4, 0.5) is 0 Å². The topological polar surface area (TPSA) is 41.6 Å². The van der Waals surface area contributed by atoms with E-state index in [1.807, 2.05) is 6.20 Å². The first-order valence-corrected chi connectivity index (χ1v) is 5.10. The van der Waals surface area contributed by atoms with Gasteiger partial charge in [-0.2, -0.15) is 0 Å². The quantitative estimate of drug-likeness (QED) is 0.806. The van der Waals surface area contributed by atoms with E-state index in [2.05, 4.69) is 28.8 Å². The highest BCUT2D eigenvalue weighted by molar-refractivity contribution is 5.74. The molecule has 2 rings (SSSR count). The first kappa shape index (κ1) is 9.19. The molecule has 0 amide bonds. The van der Waals surface area contributed by atoms with Gasteiger partial charge in [0.25, 0.3) is 0 Å². The van der Waals surface area contributed by atoms with Gasteiger partial charge in [0.1, 0.15) is 0 Å². The molecular formula is C11H15N3. The molecule has 0 spiro atoms. The first-order chi connectivity index (χ1) is 6.83. The van der Waals surface area contributed by atoms with E-state index in [1.54, 1.807) is 6.33 Å². The van der Waals surface area contributed by atoms with Crippen molar-refractivity contribution in [3.8, 4) is 0 Å². The van der Waals surface area contributed by atoms with Crippen LogP contribution in [0.2, 0.25) is 0 Å². The molecule has 3 nitrogen and oxygen atoms in total. The Morgan fingerprint density at radius 3 is 3.00 bits per heavy atom. The van der Waals surface area contributed by atoms with E-state index in [1.165, 1.54) is 24.0 Å². The minimum absolute atomic E-state index is 0.822. The molecule has 0 atom stereocenters. The van der Waals surface area contributed by atoms with E-state index in [4.69, 9.17) is 0 Å². The Bertz CT molecular complexity index is 431. The molecule has 0 aliphatic carbocycles. The number of hydrogen-bond acceptors (Lipinski definition) is 2. The summed E-state index contributed by atoms with van der Waals surface area (Å²) in [5.74, 6) is 0. The van der Waals surface area contributed by atoms with Crippen molar-refractivity contribution in [1.29, 1.82) is 0 Å². The lowest BCUT2D eigenvalue weighted by molar-refractivity contribution is 0.789. The van der Waals surface area contributed by atoms with E-state index >= 15 is 0 Å². The van der Waals surface area contributed by atoms with Gasteiger partial charge in [-0.3, -0.25) is 0 Å². The molecule has 2 aromatic rings. The maximum Gasteiger partial charge on any atom is 0.177 e. The van der Waals surface area contributed by atoms with Crippen molar-refractivity contribution < 1.29 is 0 Å². The fourth-order valence-corrected chi connectivity index (χ4v) is 1.68. The van der Waals surface area contributed by atoms with Gasteiger partial charge in [-0.1, -0.05) is 13.3 Å². The zero-order valence-electron chi connectivity index (χ0n) is 8.67. The molecule has 14 heavy (non-hydrogen) atoms. The van der Waals surface area contributed by atoms with Gasteiger partial charge in [0.2, 0.25) is 0 Å². The molecule has 0 saturated carbocycles. The van der Waals surface area contributed by atoms with Gasteiger partial charge < -0.3 is 4.98 Å². The lowest BCUT2D eigenvalue weighted by Gasteiger charge is -2.04. The van der Waals surface area contributed by atoms with E-state index in [0.29, 0.717) is 0 Å². The number of aromatic amines is 1. The summed E-state index contributed by atoms with van der Waals surface area (Å²) in [5.41, 5.74) is 4.53. The third-order valence-corrected chi connectivity index (χ3v) is 2.62. The van der Waals surface area contributed by atoms with Crippen LogP contribution in [0.15, 0.2) is 12.5 Å². The number of fused-ring (bicyclic) bond motifs is 1. The average Bonchev–Trinajstić information content (AvgIpc) is 2.66. The lowest BCUT2D eigenvalue weighted by Crippen LogP contribution is -1.93. The van der Waals surface area contributed by atoms with Gasteiger partial charge >= 0.3 is 0 Å². The molecule has 0 aliphatic heterocycles. The van der Waals surface area contributed by atoms with Crippen LogP contribution in [0.1, 0.15) is 30.9 Å². The number of H-pyrrole nitrogens is 1. The van der Waals surface area contributed by atoms with Crippen molar-refractivity contribution in [2.24, 2.45) is 0 Å². The van der Waals surface area contributed by atoms with Crippen molar-refractivity contribution in [3.63, 3.8) is 0 Å². The van der Waals surface area contributed by atoms with Gasteiger partial charge in [0.05, 0.1) is 11.8 Å². The molecule has 2 heterocycles. The fraction of sp³-hybridized carbons (Fsp3) is 0.455. The van der Waals surface area contributed by atoms with E-state index in [0.717, 1.165) is 17.6 Å². The van der Waals surface area contributed by atoms with Crippen molar-refractivity contribution in [3.05, 3.63) is 23.7 Å². The molecule has 2 aromatic heterocycles. The molecule has 0 aliphatic rings. The number of rotatable bonds is 3. The number of hydrogen-bond donors (Lipinski definition) is 1. The predicted molar refractivity (Wildman–Crippen MR) is 57.2 cm³/mol. The van der Waals surface area contributed by atoms with Gasteiger partial charge in [0.15, 0.2) is 5.65 Å². The second kappa shape index (κ2) is 3.78. The summed E-state index contributed by atoms with van der Waals surface area (Å²) in [6.45, 7) is 4.34. The number of aromatic nitrogens is 3. The Morgan fingerprint density at radius 2 is 2.21 bits per heavy atom. The standard InChI is InChI=1S/C11H15N3/c1-3-4-5-9-6-12-11-10(8(9)2)13-7-14-11/h6-7H,3-5H2,1-2H3,(H,12,13,14). The van der Waals surface area contributed by atoms with Crippen LogP contribution < -0.4 is 0 Å². The van der Waals surface area contributed by atoms with Crippen LogP contribution in [0.25, 0.3) is 11.2 Å². The molecule has 0 aromatic carbocycles. The molecule has 0 fully saturated rings. The van der Waals surface area contributed by atoms with E-state index < -0.39 is 0 Å². The van der Waals surface area contributed by atoms with Gasteiger partial charge in [-0.05, 0) is 30.9 Å². The van der Waals surface area contributed by atoms with Crippen LogP contribution >= 0.6 is 0 Å². The summed E-state index contributed by atoms with van der Waals surface area (Å²) in [5, 5.41) is 0. The Balaban J connectivity index is 2.40. The zero-order valence-corrected chi connectivity index (χ0v) is 8.67. The van der Waals surface area contributed by atoms with Crippen molar-refractivity contribution in [1.82, 2.24) is 15.0 Å². The van der Waals surface area contributed by atoms with Crippen LogP contribution in [-0.2, 0) is 6.42 Å². The summed E-state index contributed by atoms with van der Waals surface area (Å²) in [6, 6.07) is 0. The maximum atomic E-state index is 4.31. The molecule has 0 bridgehead atoms.